The van der Waals surface area contributed by atoms with Gasteiger partial charge in [-0.2, -0.15) is 5.26 Å². The molecular formula is C14H19N3O2S. The van der Waals surface area contributed by atoms with Crippen LogP contribution in [-0.2, 0) is 22.5 Å². The molecule has 108 valence electrons. The Bertz CT molecular complexity index is 533. The van der Waals surface area contributed by atoms with Crippen LogP contribution >= 0.6 is 11.3 Å². The first-order valence-electron chi connectivity index (χ1n) is 6.73. The van der Waals surface area contributed by atoms with E-state index in [9.17, 15) is 10.1 Å². The summed E-state index contributed by atoms with van der Waals surface area (Å²) >= 11 is 1.51. The lowest BCUT2D eigenvalue weighted by atomic mass is 10.1. The van der Waals surface area contributed by atoms with Gasteiger partial charge < -0.3 is 15.4 Å². The summed E-state index contributed by atoms with van der Waals surface area (Å²) in [6, 6.07) is 2.23. The van der Waals surface area contributed by atoms with Gasteiger partial charge in [-0.3, -0.25) is 4.79 Å². The molecule has 0 saturated heterocycles. The quantitative estimate of drug-likeness (QED) is 0.871. The average Bonchev–Trinajstić information content (AvgIpc) is 2.81. The molecule has 0 fully saturated rings. The Balaban J connectivity index is 2.04. The fraction of sp³-hybridized carbons (Fsp3) is 0.571. The summed E-state index contributed by atoms with van der Waals surface area (Å²) in [4.78, 5) is 13.1. The van der Waals surface area contributed by atoms with Gasteiger partial charge in [0.25, 0.3) is 0 Å². The number of carbonyl (C=O) groups is 1. The molecule has 20 heavy (non-hydrogen) atoms. The number of methoxy groups -OCH3 is 1. The van der Waals surface area contributed by atoms with Crippen molar-refractivity contribution in [1.82, 2.24) is 5.32 Å². The highest BCUT2D eigenvalue weighted by molar-refractivity contribution is 7.16. The lowest BCUT2D eigenvalue weighted by Crippen LogP contribution is -2.22. The molecule has 2 rings (SSSR count). The predicted molar refractivity (Wildman–Crippen MR) is 78.8 cm³/mol. The van der Waals surface area contributed by atoms with E-state index in [0.29, 0.717) is 23.4 Å². The highest BCUT2D eigenvalue weighted by Crippen LogP contribution is 2.34. The van der Waals surface area contributed by atoms with Crippen LogP contribution in [0.3, 0.4) is 0 Å². The summed E-state index contributed by atoms with van der Waals surface area (Å²) in [6.07, 6.45) is 2.00. The molecule has 6 heteroatoms. The van der Waals surface area contributed by atoms with Crippen molar-refractivity contribution >= 4 is 22.2 Å². The van der Waals surface area contributed by atoms with E-state index in [1.165, 1.54) is 11.3 Å². The standard InChI is InChI=1S/C14H19N3O2S/c1-9(19-2)3-4-13(18)17-14-11(7-15)10-5-6-16-8-12(10)20-14/h9,16H,3-6,8H2,1-2H3,(H,17,18). The molecule has 1 unspecified atom stereocenters. The minimum atomic E-state index is -0.0584. The first kappa shape index (κ1) is 15.0. The molecule has 0 aliphatic carbocycles. The molecule has 1 aromatic heterocycles. The molecule has 1 atom stereocenters. The highest BCUT2D eigenvalue weighted by Gasteiger charge is 2.21. The van der Waals surface area contributed by atoms with Gasteiger partial charge in [-0.25, -0.2) is 0 Å². The molecular weight excluding hydrogens is 274 g/mol. The second-order valence-corrected chi connectivity index (χ2v) is 5.98. The molecule has 1 aliphatic heterocycles. The van der Waals surface area contributed by atoms with Crippen LogP contribution in [0.4, 0.5) is 5.00 Å². The van der Waals surface area contributed by atoms with E-state index < -0.39 is 0 Å². The van der Waals surface area contributed by atoms with E-state index in [4.69, 9.17) is 4.74 Å². The summed E-state index contributed by atoms with van der Waals surface area (Å²) in [5.41, 5.74) is 1.73. The van der Waals surface area contributed by atoms with Crippen LogP contribution in [0.25, 0.3) is 0 Å². The second kappa shape index (κ2) is 6.84. The third-order valence-electron chi connectivity index (χ3n) is 3.47. The van der Waals surface area contributed by atoms with E-state index in [1.807, 2.05) is 6.92 Å². The van der Waals surface area contributed by atoms with Gasteiger partial charge in [-0.05, 0) is 31.9 Å². The molecule has 0 bridgehead atoms. The van der Waals surface area contributed by atoms with Gasteiger partial charge in [0.1, 0.15) is 11.1 Å². The Kier molecular flexibility index (Phi) is 5.12. The fourth-order valence-electron chi connectivity index (χ4n) is 2.18. The van der Waals surface area contributed by atoms with Crippen LogP contribution in [0.2, 0.25) is 0 Å². The Morgan fingerprint density at radius 1 is 1.65 bits per heavy atom. The van der Waals surface area contributed by atoms with Crippen LogP contribution < -0.4 is 10.6 Å². The Morgan fingerprint density at radius 3 is 3.15 bits per heavy atom. The van der Waals surface area contributed by atoms with Crippen molar-refractivity contribution in [3.8, 4) is 6.07 Å². The van der Waals surface area contributed by atoms with Gasteiger partial charge in [-0.15, -0.1) is 11.3 Å². The van der Waals surface area contributed by atoms with Gasteiger partial charge in [0.2, 0.25) is 5.91 Å². The minimum Gasteiger partial charge on any atom is -0.382 e. The summed E-state index contributed by atoms with van der Waals surface area (Å²) in [5, 5.41) is 16.1. The van der Waals surface area contributed by atoms with Crippen LogP contribution in [0.15, 0.2) is 0 Å². The number of hydrogen-bond donors (Lipinski definition) is 2. The predicted octanol–water partition coefficient (Wildman–Crippen LogP) is 2.02. The van der Waals surface area contributed by atoms with E-state index in [1.54, 1.807) is 7.11 Å². The molecule has 2 N–H and O–H groups in total. The average molecular weight is 293 g/mol. The Morgan fingerprint density at radius 2 is 2.45 bits per heavy atom. The summed E-state index contributed by atoms with van der Waals surface area (Å²) in [5.74, 6) is -0.0584. The van der Waals surface area contributed by atoms with Crippen LogP contribution in [-0.4, -0.2) is 25.7 Å². The van der Waals surface area contributed by atoms with Crippen molar-refractivity contribution in [1.29, 1.82) is 5.26 Å². The lowest BCUT2D eigenvalue weighted by molar-refractivity contribution is -0.116. The number of amides is 1. The Hall–Kier alpha value is -1.42. The van der Waals surface area contributed by atoms with E-state index >= 15 is 0 Å². The Labute approximate surface area is 122 Å². The minimum absolute atomic E-state index is 0.0584. The van der Waals surface area contributed by atoms with E-state index in [2.05, 4.69) is 16.7 Å². The van der Waals surface area contributed by atoms with Crippen molar-refractivity contribution < 1.29 is 9.53 Å². The van der Waals surface area contributed by atoms with Crippen molar-refractivity contribution in [2.75, 3.05) is 19.0 Å². The molecule has 0 saturated carbocycles. The third kappa shape index (κ3) is 3.37. The van der Waals surface area contributed by atoms with Crippen molar-refractivity contribution in [2.24, 2.45) is 0 Å². The zero-order chi connectivity index (χ0) is 14.5. The number of hydrogen-bond acceptors (Lipinski definition) is 5. The zero-order valence-corrected chi connectivity index (χ0v) is 12.6. The first-order valence-corrected chi connectivity index (χ1v) is 7.55. The van der Waals surface area contributed by atoms with Crippen LogP contribution in [0.1, 0.15) is 35.8 Å². The number of nitriles is 1. The summed E-state index contributed by atoms with van der Waals surface area (Å²) in [7, 11) is 1.64. The zero-order valence-electron chi connectivity index (χ0n) is 11.8. The molecule has 2 heterocycles. The smallest absolute Gasteiger partial charge is 0.225 e. The maximum atomic E-state index is 11.9. The SMILES string of the molecule is COC(C)CCC(=O)Nc1sc2c(c1C#N)CCNC2. The van der Waals surface area contributed by atoms with E-state index in [0.717, 1.165) is 30.0 Å². The van der Waals surface area contributed by atoms with Crippen LogP contribution in [0.5, 0.6) is 0 Å². The maximum Gasteiger partial charge on any atom is 0.225 e. The number of carbonyl (C=O) groups excluding carboxylic acids is 1. The number of thiophene rings is 1. The molecule has 1 aromatic rings. The summed E-state index contributed by atoms with van der Waals surface area (Å²) in [6.45, 7) is 3.60. The third-order valence-corrected chi connectivity index (χ3v) is 4.62. The maximum absolute atomic E-state index is 11.9. The van der Waals surface area contributed by atoms with Gasteiger partial charge in [0.15, 0.2) is 0 Å². The monoisotopic (exact) mass is 293 g/mol. The number of rotatable bonds is 5. The van der Waals surface area contributed by atoms with Gasteiger partial charge in [-0.1, -0.05) is 0 Å². The molecule has 1 aliphatic rings. The van der Waals surface area contributed by atoms with Crippen LogP contribution in [0, 0.1) is 11.3 Å². The number of nitrogens with zero attached hydrogens (tertiary/aromatic N) is 1. The fourth-order valence-corrected chi connectivity index (χ4v) is 3.37. The topological polar surface area (TPSA) is 74.1 Å². The number of nitrogens with one attached hydrogen (secondary N) is 2. The largest absolute Gasteiger partial charge is 0.382 e. The molecule has 0 spiro atoms. The lowest BCUT2D eigenvalue weighted by Gasteiger charge is -2.11. The number of ether oxygens (including phenoxy) is 1. The highest BCUT2D eigenvalue weighted by atomic mass is 32.1. The molecule has 0 aromatic carbocycles. The summed E-state index contributed by atoms with van der Waals surface area (Å²) < 4.78 is 5.12. The number of anilines is 1. The van der Waals surface area contributed by atoms with E-state index in [-0.39, 0.29) is 12.0 Å². The van der Waals surface area contributed by atoms with Gasteiger partial charge in [0.05, 0.1) is 11.7 Å². The normalized spacial score (nSPS) is 15.2. The number of fused-ring (bicyclic) bond motifs is 1. The molecule has 1 amide bonds. The van der Waals surface area contributed by atoms with Gasteiger partial charge >= 0.3 is 0 Å². The van der Waals surface area contributed by atoms with Crippen molar-refractivity contribution in [2.45, 2.75) is 38.8 Å². The van der Waals surface area contributed by atoms with Gasteiger partial charge in [0, 0.05) is 25.0 Å². The van der Waals surface area contributed by atoms with Crippen molar-refractivity contribution in [3.05, 3.63) is 16.0 Å². The molecule has 5 nitrogen and oxygen atoms in total. The second-order valence-electron chi connectivity index (χ2n) is 4.88. The van der Waals surface area contributed by atoms with Crippen molar-refractivity contribution in [3.63, 3.8) is 0 Å². The molecule has 0 radical (unpaired) electrons. The first-order chi connectivity index (χ1) is 9.65.